The first-order chi connectivity index (χ1) is 9.35. The number of ether oxygens (including phenoxy) is 1. The molecule has 0 spiro atoms. The fraction of sp³-hybridized carbons (Fsp3) is 0.333. The van der Waals surface area contributed by atoms with E-state index in [-0.39, 0.29) is 0 Å². The third kappa shape index (κ3) is 3.35. The van der Waals surface area contributed by atoms with Crippen LogP contribution in [-0.4, -0.2) is 23.1 Å². The predicted octanol–water partition coefficient (Wildman–Crippen LogP) is 2.85. The molecule has 0 atom stereocenters. The van der Waals surface area contributed by atoms with Gasteiger partial charge in [0.1, 0.15) is 6.61 Å². The summed E-state index contributed by atoms with van der Waals surface area (Å²) >= 11 is 0. The Hall–Kier alpha value is -2.28. The van der Waals surface area contributed by atoms with Crippen molar-refractivity contribution in [2.45, 2.75) is 19.8 Å². The average molecular weight is 255 g/mol. The summed E-state index contributed by atoms with van der Waals surface area (Å²) in [4.78, 5) is 8.86. The molecule has 1 aromatic heterocycles. The van der Waals surface area contributed by atoms with Crippen molar-refractivity contribution in [2.75, 3.05) is 18.5 Å². The number of para-hydroxylation sites is 1. The van der Waals surface area contributed by atoms with E-state index in [1.165, 1.54) is 0 Å². The van der Waals surface area contributed by atoms with Crippen molar-refractivity contribution in [3.63, 3.8) is 0 Å². The molecule has 0 radical (unpaired) electrons. The van der Waals surface area contributed by atoms with E-state index < -0.39 is 0 Å². The third-order valence-electron chi connectivity index (χ3n) is 2.59. The zero-order valence-electron chi connectivity index (χ0n) is 11.0. The molecule has 98 valence electrons. The minimum atomic E-state index is 0.463. The zero-order valence-corrected chi connectivity index (χ0v) is 11.0. The van der Waals surface area contributed by atoms with Gasteiger partial charge in [0.25, 0.3) is 0 Å². The molecule has 0 saturated carbocycles. The number of terminal acetylenes is 1. The largest absolute Gasteiger partial charge is 0.476 e. The molecule has 0 aliphatic rings. The molecule has 0 fully saturated rings. The van der Waals surface area contributed by atoms with Crippen LogP contribution in [0.4, 0.5) is 5.95 Å². The Morgan fingerprint density at radius 2 is 2.16 bits per heavy atom. The summed E-state index contributed by atoms with van der Waals surface area (Å²) in [5.41, 5.74) is 0.867. The van der Waals surface area contributed by atoms with Crippen molar-refractivity contribution in [1.82, 2.24) is 9.97 Å². The molecule has 0 bridgehead atoms. The maximum Gasteiger partial charge on any atom is 0.226 e. The van der Waals surface area contributed by atoms with Crippen molar-refractivity contribution in [2.24, 2.45) is 0 Å². The molecule has 1 N–H and O–H groups in total. The van der Waals surface area contributed by atoms with Gasteiger partial charge in [-0.25, -0.2) is 4.98 Å². The molecule has 19 heavy (non-hydrogen) atoms. The van der Waals surface area contributed by atoms with Crippen LogP contribution in [0.15, 0.2) is 24.3 Å². The second-order valence-corrected chi connectivity index (χ2v) is 4.10. The lowest BCUT2D eigenvalue weighted by Gasteiger charge is -2.10. The van der Waals surface area contributed by atoms with Crippen LogP contribution in [0.5, 0.6) is 5.88 Å². The molecule has 2 rings (SSSR count). The molecule has 0 saturated heterocycles. The minimum absolute atomic E-state index is 0.463. The second kappa shape index (κ2) is 6.60. The molecular formula is C15H17N3O. The quantitative estimate of drug-likeness (QED) is 0.637. The summed E-state index contributed by atoms with van der Waals surface area (Å²) in [6, 6.07) is 7.79. The van der Waals surface area contributed by atoms with Gasteiger partial charge in [-0.1, -0.05) is 19.1 Å². The second-order valence-electron chi connectivity index (χ2n) is 4.10. The number of benzene rings is 1. The van der Waals surface area contributed by atoms with Crippen LogP contribution in [0.1, 0.15) is 19.8 Å². The van der Waals surface area contributed by atoms with Crippen molar-refractivity contribution < 1.29 is 4.74 Å². The van der Waals surface area contributed by atoms with Crippen molar-refractivity contribution in [3.05, 3.63) is 24.3 Å². The molecular weight excluding hydrogens is 238 g/mol. The Kier molecular flexibility index (Phi) is 4.57. The minimum Gasteiger partial charge on any atom is -0.476 e. The maximum absolute atomic E-state index is 5.65. The lowest BCUT2D eigenvalue weighted by atomic mass is 10.2. The van der Waals surface area contributed by atoms with Crippen molar-refractivity contribution in [1.29, 1.82) is 0 Å². The summed E-state index contributed by atoms with van der Waals surface area (Å²) < 4.78 is 5.65. The number of nitrogens with zero attached hydrogens (tertiary/aromatic N) is 2. The number of hydrogen-bond acceptors (Lipinski definition) is 4. The molecule has 1 aromatic carbocycles. The van der Waals surface area contributed by atoms with E-state index >= 15 is 0 Å². The van der Waals surface area contributed by atoms with E-state index in [0.29, 0.717) is 24.9 Å². The highest BCUT2D eigenvalue weighted by atomic mass is 16.5. The maximum atomic E-state index is 5.65. The Morgan fingerprint density at radius 1 is 1.32 bits per heavy atom. The van der Waals surface area contributed by atoms with Crippen LogP contribution in [0.3, 0.4) is 0 Å². The van der Waals surface area contributed by atoms with Gasteiger partial charge in [-0.15, -0.1) is 12.3 Å². The molecule has 0 aliphatic heterocycles. The molecule has 4 heteroatoms. The van der Waals surface area contributed by atoms with Gasteiger partial charge >= 0.3 is 0 Å². The molecule has 0 amide bonds. The number of aromatic nitrogens is 2. The zero-order chi connectivity index (χ0) is 13.5. The van der Waals surface area contributed by atoms with Gasteiger partial charge in [-0.05, 0) is 18.6 Å². The van der Waals surface area contributed by atoms with Crippen molar-refractivity contribution in [3.8, 4) is 18.2 Å². The van der Waals surface area contributed by atoms with Crippen LogP contribution in [0, 0.1) is 12.3 Å². The van der Waals surface area contributed by atoms with Crippen LogP contribution in [0.2, 0.25) is 0 Å². The molecule has 2 aromatic rings. The first-order valence-corrected chi connectivity index (χ1v) is 6.42. The Labute approximate surface area is 113 Å². The smallest absolute Gasteiger partial charge is 0.226 e. The molecule has 0 unspecified atom stereocenters. The summed E-state index contributed by atoms with van der Waals surface area (Å²) in [5.74, 6) is 3.73. The first kappa shape index (κ1) is 13.2. The van der Waals surface area contributed by atoms with E-state index in [9.17, 15) is 0 Å². The van der Waals surface area contributed by atoms with E-state index in [1.807, 2.05) is 24.3 Å². The summed E-state index contributed by atoms with van der Waals surface area (Å²) in [6.07, 6.45) is 6.81. The molecule has 0 aliphatic carbocycles. The normalized spacial score (nSPS) is 10.1. The predicted molar refractivity (Wildman–Crippen MR) is 77.3 cm³/mol. The highest BCUT2D eigenvalue weighted by molar-refractivity contribution is 5.84. The van der Waals surface area contributed by atoms with Gasteiger partial charge in [0.05, 0.1) is 10.9 Å². The number of nitrogens with one attached hydrogen (secondary N) is 1. The fourth-order valence-electron chi connectivity index (χ4n) is 1.68. The third-order valence-corrected chi connectivity index (χ3v) is 2.59. The van der Waals surface area contributed by atoms with Crippen LogP contribution >= 0.6 is 0 Å². The van der Waals surface area contributed by atoms with Gasteiger partial charge in [0, 0.05) is 13.0 Å². The van der Waals surface area contributed by atoms with E-state index in [4.69, 9.17) is 11.2 Å². The topological polar surface area (TPSA) is 47.0 Å². The number of fused-ring (bicyclic) bond motifs is 1. The van der Waals surface area contributed by atoms with E-state index in [1.54, 1.807) is 0 Å². The first-order valence-electron chi connectivity index (χ1n) is 6.42. The number of anilines is 1. The van der Waals surface area contributed by atoms with Crippen LogP contribution in [0.25, 0.3) is 10.9 Å². The standard InChI is InChI=1S/C15H17N3O/c1-3-5-11-19-14-12-8-6-7-9-13(12)17-15(18-14)16-10-4-2/h1,6-9H,4-5,10-11H2,2H3,(H,16,17,18). The Morgan fingerprint density at radius 3 is 2.95 bits per heavy atom. The van der Waals surface area contributed by atoms with Gasteiger partial charge < -0.3 is 10.1 Å². The average Bonchev–Trinajstić information content (AvgIpc) is 2.45. The summed E-state index contributed by atoms with van der Waals surface area (Å²) in [6.45, 7) is 3.39. The van der Waals surface area contributed by atoms with Gasteiger partial charge in [-0.2, -0.15) is 4.98 Å². The fourth-order valence-corrected chi connectivity index (χ4v) is 1.68. The summed E-state index contributed by atoms with van der Waals surface area (Å²) in [5, 5.41) is 4.08. The van der Waals surface area contributed by atoms with Crippen LogP contribution < -0.4 is 10.1 Å². The molecule has 4 nitrogen and oxygen atoms in total. The van der Waals surface area contributed by atoms with Crippen LogP contribution in [-0.2, 0) is 0 Å². The number of rotatable bonds is 6. The van der Waals surface area contributed by atoms with Gasteiger partial charge in [0.15, 0.2) is 0 Å². The Balaban J connectivity index is 2.31. The van der Waals surface area contributed by atoms with Gasteiger partial charge in [-0.3, -0.25) is 0 Å². The van der Waals surface area contributed by atoms with E-state index in [2.05, 4.69) is 28.1 Å². The highest BCUT2D eigenvalue weighted by Gasteiger charge is 2.07. The Bertz CT molecular complexity index is 589. The number of hydrogen-bond donors (Lipinski definition) is 1. The SMILES string of the molecule is C#CCCOc1nc(NCCC)nc2ccccc12. The van der Waals surface area contributed by atoms with Gasteiger partial charge in [0.2, 0.25) is 11.8 Å². The molecule has 1 heterocycles. The lowest BCUT2D eigenvalue weighted by molar-refractivity contribution is 0.319. The van der Waals surface area contributed by atoms with E-state index in [0.717, 1.165) is 23.9 Å². The lowest BCUT2D eigenvalue weighted by Crippen LogP contribution is -2.07. The summed E-state index contributed by atoms with van der Waals surface area (Å²) in [7, 11) is 0. The monoisotopic (exact) mass is 255 g/mol. The van der Waals surface area contributed by atoms with Crippen molar-refractivity contribution >= 4 is 16.9 Å². The highest BCUT2D eigenvalue weighted by Crippen LogP contribution is 2.23.